The lowest BCUT2D eigenvalue weighted by Gasteiger charge is -2.36. The number of carbonyl (C=O) groups is 1. The fraction of sp³-hybridized carbons (Fsp3) is 0.278. The summed E-state index contributed by atoms with van der Waals surface area (Å²) in [6, 6.07) is 12.6. The predicted octanol–water partition coefficient (Wildman–Crippen LogP) is 3.09. The number of piperazine rings is 1. The Morgan fingerprint density at radius 2 is 1.60 bits per heavy atom. The van der Waals surface area contributed by atoms with Gasteiger partial charge in [-0.05, 0) is 48.9 Å². The SMILES string of the molecule is Cc1ccc(N)cc1C(=O)N1CCN(c2ccc(O)cc2)CC1.Cl.Cl. The summed E-state index contributed by atoms with van der Waals surface area (Å²) in [7, 11) is 0. The van der Waals surface area contributed by atoms with E-state index in [2.05, 4.69) is 4.90 Å². The number of anilines is 2. The number of hydrogen-bond acceptors (Lipinski definition) is 4. The van der Waals surface area contributed by atoms with Gasteiger partial charge in [-0.25, -0.2) is 0 Å². The van der Waals surface area contributed by atoms with Crippen molar-refractivity contribution in [3.63, 3.8) is 0 Å². The maximum Gasteiger partial charge on any atom is 0.254 e. The van der Waals surface area contributed by atoms with E-state index in [1.807, 2.05) is 36.1 Å². The number of amides is 1. The predicted molar refractivity (Wildman–Crippen MR) is 106 cm³/mol. The van der Waals surface area contributed by atoms with Crippen molar-refractivity contribution >= 4 is 42.1 Å². The molecular formula is C18H23Cl2N3O2. The fourth-order valence-corrected chi connectivity index (χ4v) is 2.87. The first-order valence-electron chi connectivity index (χ1n) is 7.74. The number of nitrogens with two attached hydrogens (primary N) is 1. The van der Waals surface area contributed by atoms with E-state index in [9.17, 15) is 9.90 Å². The standard InChI is InChI=1S/C18H21N3O2.2ClH/c1-13-2-3-14(19)12-17(13)18(23)21-10-8-20(9-11-21)15-4-6-16(22)7-5-15;;/h2-7,12,22H,8-11,19H2,1H3;2*1H. The summed E-state index contributed by atoms with van der Waals surface area (Å²) in [4.78, 5) is 16.8. The highest BCUT2D eigenvalue weighted by Gasteiger charge is 2.23. The van der Waals surface area contributed by atoms with Gasteiger partial charge in [0.25, 0.3) is 5.91 Å². The highest BCUT2D eigenvalue weighted by atomic mass is 35.5. The van der Waals surface area contributed by atoms with Gasteiger partial charge in [-0.15, -0.1) is 24.8 Å². The average Bonchev–Trinajstić information content (AvgIpc) is 2.57. The molecule has 0 unspecified atom stereocenters. The molecule has 1 aliphatic rings. The Bertz CT molecular complexity index is 715. The zero-order chi connectivity index (χ0) is 16.4. The third kappa shape index (κ3) is 4.71. The van der Waals surface area contributed by atoms with E-state index < -0.39 is 0 Å². The molecule has 2 aromatic rings. The number of phenolic OH excluding ortho intramolecular Hbond substituents is 1. The fourth-order valence-electron chi connectivity index (χ4n) is 2.87. The van der Waals surface area contributed by atoms with Gasteiger partial charge in [-0.1, -0.05) is 6.07 Å². The minimum atomic E-state index is 0. The summed E-state index contributed by atoms with van der Waals surface area (Å²) < 4.78 is 0. The van der Waals surface area contributed by atoms with E-state index in [0.29, 0.717) is 24.3 Å². The van der Waals surface area contributed by atoms with Crippen LogP contribution in [-0.4, -0.2) is 42.1 Å². The summed E-state index contributed by atoms with van der Waals surface area (Å²) in [6.45, 7) is 4.83. The van der Waals surface area contributed by atoms with Crippen LogP contribution in [0.5, 0.6) is 5.75 Å². The molecule has 0 aromatic heterocycles. The molecule has 5 nitrogen and oxygen atoms in total. The molecule has 0 saturated carbocycles. The average molecular weight is 384 g/mol. The number of benzene rings is 2. The van der Waals surface area contributed by atoms with Crippen molar-refractivity contribution in [3.8, 4) is 5.75 Å². The van der Waals surface area contributed by atoms with Crippen LogP contribution >= 0.6 is 24.8 Å². The number of carbonyl (C=O) groups excluding carboxylic acids is 1. The second-order valence-electron chi connectivity index (χ2n) is 5.87. The third-order valence-corrected chi connectivity index (χ3v) is 4.27. The Morgan fingerprint density at radius 3 is 2.20 bits per heavy atom. The molecule has 1 amide bonds. The third-order valence-electron chi connectivity index (χ3n) is 4.27. The van der Waals surface area contributed by atoms with Gasteiger partial charge in [0.2, 0.25) is 0 Å². The first-order valence-corrected chi connectivity index (χ1v) is 7.74. The van der Waals surface area contributed by atoms with E-state index in [1.54, 1.807) is 18.2 Å². The first kappa shape index (κ1) is 20.9. The van der Waals surface area contributed by atoms with Crippen LogP contribution in [0.2, 0.25) is 0 Å². The topological polar surface area (TPSA) is 69.8 Å². The molecule has 3 N–H and O–H groups in total. The van der Waals surface area contributed by atoms with Gasteiger partial charge in [0, 0.05) is 43.1 Å². The number of phenols is 1. The van der Waals surface area contributed by atoms with Gasteiger partial charge in [0.1, 0.15) is 5.75 Å². The minimum absolute atomic E-state index is 0. The van der Waals surface area contributed by atoms with Crippen molar-refractivity contribution in [1.29, 1.82) is 0 Å². The second-order valence-corrected chi connectivity index (χ2v) is 5.87. The van der Waals surface area contributed by atoms with Gasteiger partial charge < -0.3 is 20.6 Å². The summed E-state index contributed by atoms with van der Waals surface area (Å²) in [5, 5.41) is 9.36. The number of nitrogen functional groups attached to an aromatic ring is 1. The number of hydrogen-bond donors (Lipinski definition) is 2. The molecule has 7 heteroatoms. The Hall–Kier alpha value is -2.11. The van der Waals surface area contributed by atoms with Crippen LogP contribution < -0.4 is 10.6 Å². The largest absolute Gasteiger partial charge is 0.508 e. The number of rotatable bonds is 2. The van der Waals surface area contributed by atoms with E-state index in [1.165, 1.54) is 0 Å². The lowest BCUT2D eigenvalue weighted by atomic mass is 10.1. The molecule has 0 aliphatic carbocycles. The van der Waals surface area contributed by atoms with Gasteiger partial charge in [-0.2, -0.15) is 0 Å². The second kappa shape index (κ2) is 8.83. The molecule has 25 heavy (non-hydrogen) atoms. The van der Waals surface area contributed by atoms with Gasteiger partial charge in [0.05, 0.1) is 0 Å². The zero-order valence-corrected chi connectivity index (χ0v) is 15.6. The van der Waals surface area contributed by atoms with E-state index in [4.69, 9.17) is 5.73 Å². The summed E-state index contributed by atoms with van der Waals surface area (Å²) in [6.07, 6.45) is 0. The Labute approximate surface area is 160 Å². The number of halogens is 2. The molecule has 1 fully saturated rings. The monoisotopic (exact) mass is 383 g/mol. The highest BCUT2D eigenvalue weighted by molar-refractivity contribution is 5.96. The maximum atomic E-state index is 12.7. The summed E-state index contributed by atoms with van der Waals surface area (Å²) >= 11 is 0. The normalized spacial score (nSPS) is 13.6. The Balaban J connectivity index is 0.00000156. The molecule has 0 bridgehead atoms. The van der Waals surface area contributed by atoms with Crippen molar-refractivity contribution in [2.75, 3.05) is 36.8 Å². The van der Waals surface area contributed by atoms with Crippen molar-refractivity contribution < 1.29 is 9.90 Å². The van der Waals surface area contributed by atoms with Gasteiger partial charge in [0.15, 0.2) is 0 Å². The number of aryl methyl sites for hydroxylation is 1. The van der Waals surface area contributed by atoms with Crippen LogP contribution in [0.15, 0.2) is 42.5 Å². The molecule has 3 rings (SSSR count). The first-order chi connectivity index (χ1) is 11.0. The molecule has 0 atom stereocenters. The van der Waals surface area contributed by atoms with E-state index in [0.717, 1.165) is 24.3 Å². The van der Waals surface area contributed by atoms with Crippen LogP contribution in [0, 0.1) is 6.92 Å². The van der Waals surface area contributed by atoms with E-state index in [-0.39, 0.29) is 36.5 Å². The molecule has 1 saturated heterocycles. The highest BCUT2D eigenvalue weighted by Crippen LogP contribution is 2.21. The van der Waals surface area contributed by atoms with Crippen LogP contribution in [-0.2, 0) is 0 Å². The molecule has 2 aromatic carbocycles. The van der Waals surface area contributed by atoms with Crippen LogP contribution in [0.4, 0.5) is 11.4 Å². The molecule has 136 valence electrons. The lowest BCUT2D eigenvalue weighted by molar-refractivity contribution is 0.0746. The van der Waals surface area contributed by atoms with Crippen molar-refractivity contribution in [2.45, 2.75) is 6.92 Å². The quantitative estimate of drug-likeness (QED) is 0.781. The summed E-state index contributed by atoms with van der Waals surface area (Å²) in [5.41, 5.74) is 9.12. The molecule has 0 radical (unpaired) electrons. The molecule has 0 spiro atoms. The Kier molecular flexibility index (Phi) is 7.39. The van der Waals surface area contributed by atoms with Gasteiger partial charge in [-0.3, -0.25) is 4.79 Å². The molecular weight excluding hydrogens is 361 g/mol. The number of aromatic hydroxyl groups is 1. The zero-order valence-electron chi connectivity index (χ0n) is 14.0. The number of nitrogens with zero attached hydrogens (tertiary/aromatic N) is 2. The van der Waals surface area contributed by atoms with E-state index >= 15 is 0 Å². The summed E-state index contributed by atoms with van der Waals surface area (Å²) in [5.74, 6) is 0.305. The van der Waals surface area contributed by atoms with Crippen LogP contribution in [0.1, 0.15) is 15.9 Å². The lowest BCUT2D eigenvalue weighted by Crippen LogP contribution is -2.48. The van der Waals surface area contributed by atoms with Gasteiger partial charge >= 0.3 is 0 Å². The molecule has 1 aliphatic heterocycles. The minimum Gasteiger partial charge on any atom is -0.508 e. The maximum absolute atomic E-state index is 12.7. The van der Waals surface area contributed by atoms with Crippen LogP contribution in [0.25, 0.3) is 0 Å². The Morgan fingerprint density at radius 1 is 1.00 bits per heavy atom. The molecule has 1 heterocycles. The van der Waals surface area contributed by atoms with Crippen LogP contribution in [0.3, 0.4) is 0 Å². The van der Waals surface area contributed by atoms with Crippen molar-refractivity contribution in [1.82, 2.24) is 4.90 Å². The van der Waals surface area contributed by atoms with Crippen molar-refractivity contribution in [2.24, 2.45) is 0 Å². The smallest absolute Gasteiger partial charge is 0.254 e. The van der Waals surface area contributed by atoms with Crippen molar-refractivity contribution in [3.05, 3.63) is 53.6 Å².